The van der Waals surface area contributed by atoms with E-state index in [4.69, 9.17) is 10.5 Å². The van der Waals surface area contributed by atoms with Gasteiger partial charge >= 0.3 is 0 Å². The number of aromatic amines is 1. The molecule has 0 spiro atoms. The fourth-order valence-corrected chi connectivity index (χ4v) is 4.07. The number of hydrogen-bond donors (Lipinski definition) is 2. The first-order valence-corrected chi connectivity index (χ1v) is 9.57. The number of nitrogens with one attached hydrogen (secondary N) is 1. The molecule has 3 rings (SSSR count). The van der Waals surface area contributed by atoms with Crippen LogP contribution in [0.15, 0.2) is 56.2 Å². The fourth-order valence-electron chi connectivity index (χ4n) is 2.74. The van der Waals surface area contributed by atoms with Gasteiger partial charge < -0.3 is 15.5 Å². The van der Waals surface area contributed by atoms with Crippen molar-refractivity contribution in [3.05, 3.63) is 78.5 Å². The van der Waals surface area contributed by atoms with E-state index in [2.05, 4.69) is 36.8 Å². The van der Waals surface area contributed by atoms with E-state index in [0.717, 1.165) is 5.56 Å². The van der Waals surface area contributed by atoms with Gasteiger partial charge in [0.15, 0.2) is 0 Å². The summed E-state index contributed by atoms with van der Waals surface area (Å²) in [7, 11) is 0. The molecule has 28 heavy (non-hydrogen) atoms. The Labute approximate surface area is 177 Å². The Morgan fingerprint density at radius 3 is 2.39 bits per heavy atom. The van der Waals surface area contributed by atoms with Gasteiger partial charge in [0.05, 0.1) is 4.47 Å². The first kappa shape index (κ1) is 19.7. The predicted molar refractivity (Wildman–Crippen MR) is 113 cm³/mol. The average Bonchev–Trinajstić information content (AvgIpc) is 2.67. The molecule has 2 aromatic carbocycles. The van der Waals surface area contributed by atoms with Gasteiger partial charge in [-0.2, -0.15) is 10.5 Å². The normalized spacial score (nSPS) is 10.1. The highest BCUT2D eigenvalue weighted by Crippen LogP contribution is 2.42. The van der Waals surface area contributed by atoms with Crippen LogP contribution in [0.5, 0.6) is 5.75 Å². The summed E-state index contributed by atoms with van der Waals surface area (Å²) in [6.07, 6.45) is 0. The molecule has 0 atom stereocenters. The van der Waals surface area contributed by atoms with Crippen molar-refractivity contribution >= 4 is 37.7 Å². The maximum absolute atomic E-state index is 12.3. The largest absolute Gasteiger partial charge is 0.487 e. The third kappa shape index (κ3) is 3.79. The summed E-state index contributed by atoms with van der Waals surface area (Å²) in [5.74, 6) is 0.289. The van der Waals surface area contributed by atoms with Gasteiger partial charge in [-0.25, -0.2) is 0 Å². The zero-order valence-electron chi connectivity index (χ0n) is 14.3. The van der Waals surface area contributed by atoms with Crippen molar-refractivity contribution in [2.24, 2.45) is 0 Å². The topological polar surface area (TPSA) is 116 Å². The summed E-state index contributed by atoms with van der Waals surface area (Å²) in [6, 6.07) is 16.8. The van der Waals surface area contributed by atoms with Gasteiger partial charge in [0.25, 0.3) is 5.56 Å². The number of halogens is 2. The quantitative estimate of drug-likeness (QED) is 0.549. The van der Waals surface area contributed by atoms with E-state index in [-0.39, 0.29) is 29.1 Å². The third-order valence-electron chi connectivity index (χ3n) is 3.97. The van der Waals surface area contributed by atoms with E-state index >= 15 is 0 Å². The lowest BCUT2D eigenvalue weighted by Crippen LogP contribution is -2.16. The van der Waals surface area contributed by atoms with Crippen LogP contribution in [0.4, 0.5) is 5.82 Å². The van der Waals surface area contributed by atoms with Crippen LogP contribution in [-0.4, -0.2) is 4.98 Å². The molecule has 0 saturated heterocycles. The highest BCUT2D eigenvalue weighted by Gasteiger charge is 2.23. The number of nitrogens with zero attached hydrogens (tertiary/aromatic N) is 2. The van der Waals surface area contributed by atoms with E-state index < -0.39 is 5.56 Å². The summed E-state index contributed by atoms with van der Waals surface area (Å²) < 4.78 is 7.27. The molecule has 0 aliphatic heterocycles. The summed E-state index contributed by atoms with van der Waals surface area (Å²) >= 11 is 6.86. The Hall–Kier alpha value is -3.07. The number of anilines is 1. The lowest BCUT2D eigenvalue weighted by molar-refractivity contribution is 0.305. The Morgan fingerprint density at radius 2 is 1.75 bits per heavy atom. The van der Waals surface area contributed by atoms with Crippen LogP contribution in [0, 0.1) is 22.7 Å². The van der Waals surface area contributed by atoms with Crippen molar-refractivity contribution in [2.75, 3.05) is 5.73 Å². The molecule has 3 aromatic rings. The number of nitriles is 2. The summed E-state index contributed by atoms with van der Waals surface area (Å²) in [5, 5.41) is 19.1. The molecule has 3 N–H and O–H groups in total. The summed E-state index contributed by atoms with van der Waals surface area (Å²) in [5.41, 5.74) is 6.44. The smallest absolute Gasteiger partial charge is 0.268 e. The molecule has 0 radical (unpaired) electrons. The molecule has 8 heteroatoms. The Morgan fingerprint density at radius 1 is 1.07 bits per heavy atom. The molecule has 1 aromatic heterocycles. The SMILES string of the molecule is N#Cc1c(N)[nH]c(=O)c(C#N)c1-c1cc(Br)cc(Br)c1OCc1ccccc1. The van der Waals surface area contributed by atoms with Gasteiger partial charge in [-0.1, -0.05) is 46.3 Å². The van der Waals surface area contributed by atoms with Crippen LogP contribution < -0.4 is 16.0 Å². The molecule has 0 amide bonds. The van der Waals surface area contributed by atoms with Crippen LogP contribution in [0.1, 0.15) is 16.7 Å². The van der Waals surface area contributed by atoms with Crippen LogP contribution in [-0.2, 0) is 6.61 Å². The van der Waals surface area contributed by atoms with Crippen molar-refractivity contribution in [3.8, 4) is 29.0 Å². The highest BCUT2D eigenvalue weighted by molar-refractivity contribution is 9.11. The molecule has 138 valence electrons. The highest BCUT2D eigenvalue weighted by atomic mass is 79.9. The lowest BCUT2D eigenvalue weighted by Gasteiger charge is -2.16. The van der Waals surface area contributed by atoms with Crippen molar-refractivity contribution in [1.82, 2.24) is 4.98 Å². The standard InChI is InChI=1S/C20H12Br2N4O2/c21-12-6-13(17-14(8-23)19(25)26-20(27)15(17)9-24)18(16(22)7-12)28-10-11-4-2-1-3-5-11/h1-7H,10H2,(H3,25,26,27). The molecule has 0 bridgehead atoms. The number of aromatic nitrogens is 1. The molecule has 1 heterocycles. The second kappa shape index (κ2) is 8.30. The molecular weight excluding hydrogens is 488 g/mol. The Balaban J connectivity index is 2.25. The molecule has 0 saturated carbocycles. The number of H-pyrrole nitrogens is 1. The molecule has 6 nitrogen and oxygen atoms in total. The number of rotatable bonds is 4. The monoisotopic (exact) mass is 498 g/mol. The van der Waals surface area contributed by atoms with Crippen LogP contribution in [0.25, 0.3) is 11.1 Å². The Kier molecular flexibility index (Phi) is 5.84. The zero-order valence-corrected chi connectivity index (χ0v) is 17.5. The molecule has 0 aliphatic rings. The summed E-state index contributed by atoms with van der Waals surface area (Å²) in [4.78, 5) is 14.6. The zero-order chi connectivity index (χ0) is 20.3. The van der Waals surface area contributed by atoms with Crippen molar-refractivity contribution in [2.45, 2.75) is 6.61 Å². The van der Waals surface area contributed by atoms with E-state index in [1.165, 1.54) is 0 Å². The average molecular weight is 500 g/mol. The number of nitrogen functional groups attached to an aromatic ring is 1. The van der Waals surface area contributed by atoms with Crippen molar-refractivity contribution in [3.63, 3.8) is 0 Å². The number of hydrogen-bond acceptors (Lipinski definition) is 5. The van der Waals surface area contributed by atoms with Crippen LogP contribution in [0.3, 0.4) is 0 Å². The van der Waals surface area contributed by atoms with Crippen molar-refractivity contribution in [1.29, 1.82) is 10.5 Å². The minimum Gasteiger partial charge on any atom is -0.487 e. The first-order valence-electron chi connectivity index (χ1n) is 7.98. The van der Waals surface area contributed by atoms with Gasteiger partial charge in [0.1, 0.15) is 41.4 Å². The number of ether oxygens (including phenoxy) is 1. The maximum Gasteiger partial charge on any atom is 0.268 e. The van der Waals surface area contributed by atoms with E-state index in [1.54, 1.807) is 12.1 Å². The molecule has 0 aliphatic carbocycles. The van der Waals surface area contributed by atoms with Gasteiger partial charge in [-0.15, -0.1) is 0 Å². The third-order valence-corrected chi connectivity index (χ3v) is 5.02. The van der Waals surface area contributed by atoms with Gasteiger partial charge in [0, 0.05) is 15.6 Å². The van der Waals surface area contributed by atoms with Gasteiger partial charge in [-0.05, 0) is 33.6 Å². The minimum atomic E-state index is -0.667. The molecule has 0 fully saturated rings. The van der Waals surface area contributed by atoms with Crippen molar-refractivity contribution < 1.29 is 4.74 Å². The summed E-state index contributed by atoms with van der Waals surface area (Å²) in [6.45, 7) is 0.260. The lowest BCUT2D eigenvalue weighted by atomic mass is 9.96. The van der Waals surface area contributed by atoms with E-state index in [9.17, 15) is 15.3 Å². The first-order chi connectivity index (χ1) is 13.5. The Bertz CT molecular complexity index is 1190. The fraction of sp³-hybridized carbons (Fsp3) is 0.0500. The van der Waals surface area contributed by atoms with E-state index in [0.29, 0.717) is 20.3 Å². The van der Waals surface area contributed by atoms with Crippen LogP contribution in [0.2, 0.25) is 0 Å². The van der Waals surface area contributed by atoms with Crippen LogP contribution >= 0.6 is 31.9 Å². The van der Waals surface area contributed by atoms with E-state index in [1.807, 2.05) is 42.5 Å². The maximum atomic E-state index is 12.3. The van der Waals surface area contributed by atoms with Gasteiger partial charge in [-0.3, -0.25) is 4.79 Å². The van der Waals surface area contributed by atoms with Gasteiger partial charge in [0.2, 0.25) is 0 Å². The number of benzene rings is 2. The number of pyridine rings is 1. The predicted octanol–water partition coefficient (Wildman–Crippen LogP) is 4.47. The molecular formula is C20H12Br2N4O2. The second-order valence-electron chi connectivity index (χ2n) is 5.75. The second-order valence-corrected chi connectivity index (χ2v) is 7.52. The number of nitrogens with two attached hydrogens (primary N) is 1. The molecule has 0 unspecified atom stereocenters. The minimum absolute atomic E-state index is 0.00529.